The average molecular weight is 271 g/mol. The third kappa shape index (κ3) is 3.65. The lowest BCUT2D eigenvalue weighted by Gasteiger charge is -2.21. The summed E-state index contributed by atoms with van der Waals surface area (Å²) in [5.74, 6) is 1.90. The number of hydrogen-bond donors (Lipinski definition) is 1. The zero-order chi connectivity index (χ0) is 13.5. The van der Waals surface area contributed by atoms with Crippen molar-refractivity contribution in [3.63, 3.8) is 0 Å². The van der Waals surface area contributed by atoms with Gasteiger partial charge >= 0.3 is 0 Å². The molecule has 0 aliphatic rings. The van der Waals surface area contributed by atoms with Gasteiger partial charge in [-0.2, -0.15) is 16.9 Å². The first-order valence-corrected chi connectivity index (χ1v) is 7.88. The highest BCUT2D eigenvalue weighted by Crippen LogP contribution is 2.29. The van der Waals surface area contributed by atoms with Gasteiger partial charge in [-0.3, -0.25) is 4.68 Å². The third-order valence-corrected chi connectivity index (χ3v) is 3.48. The van der Waals surface area contributed by atoms with Crippen LogP contribution in [0.2, 0.25) is 0 Å². The number of thioether (sulfide) groups is 1. The fourth-order valence-electron chi connectivity index (χ4n) is 1.98. The minimum Gasteiger partial charge on any atom is -0.493 e. The van der Waals surface area contributed by atoms with E-state index in [1.54, 1.807) is 7.11 Å². The number of hydrogen-bond acceptors (Lipinski definition) is 4. The van der Waals surface area contributed by atoms with Crippen molar-refractivity contribution in [1.29, 1.82) is 0 Å². The lowest BCUT2D eigenvalue weighted by atomic mass is 10.2. The Hall–Kier alpha value is -0.680. The van der Waals surface area contributed by atoms with Crippen molar-refractivity contribution in [2.75, 3.05) is 25.7 Å². The summed E-state index contributed by atoms with van der Waals surface area (Å²) in [6, 6.07) is 0.636. The first-order valence-electron chi connectivity index (χ1n) is 6.49. The summed E-state index contributed by atoms with van der Waals surface area (Å²) in [6.45, 7) is 7.48. The molecule has 1 atom stereocenters. The lowest BCUT2D eigenvalue weighted by Crippen LogP contribution is -2.27. The number of aromatic nitrogens is 2. The summed E-state index contributed by atoms with van der Waals surface area (Å²) in [5.41, 5.74) is 1.16. The molecule has 0 spiro atoms. The van der Waals surface area contributed by atoms with Crippen LogP contribution in [0.3, 0.4) is 0 Å². The number of nitrogens with one attached hydrogen (secondary N) is 1. The van der Waals surface area contributed by atoms with E-state index in [1.165, 1.54) is 0 Å². The van der Waals surface area contributed by atoms with Crippen molar-refractivity contribution in [3.8, 4) is 5.75 Å². The molecule has 0 aromatic carbocycles. The summed E-state index contributed by atoms with van der Waals surface area (Å²) in [4.78, 5) is 0. The Balaban J connectivity index is 3.02. The second-order valence-corrected chi connectivity index (χ2v) is 5.51. The molecule has 0 saturated heterocycles. The zero-order valence-electron chi connectivity index (χ0n) is 12.1. The molecule has 4 nitrogen and oxygen atoms in total. The van der Waals surface area contributed by atoms with Crippen LogP contribution in [-0.2, 0) is 0 Å². The van der Waals surface area contributed by atoms with E-state index in [0.29, 0.717) is 12.1 Å². The second-order valence-electron chi connectivity index (χ2n) is 4.60. The van der Waals surface area contributed by atoms with Gasteiger partial charge in [-0.05, 0) is 33.1 Å². The van der Waals surface area contributed by atoms with Crippen LogP contribution in [0.25, 0.3) is 0 Å². The van der Waals surface area contributed by atoms with E-state index in [1.807, 2.05) is 18.0 Å². The molecule has 1 aromatic rings. The normalized spacial score (nSPS) is 13.0. The van der Waals surface area contributed by atoms with Crippen molar-refractivity contribution in [2.24, 2.45) is 0 Å². The van der Waals surface area contributed by atoms with Crippen LogP contribution < -0.4 is 10.1 Å². The Bertz CT molecular complexity index is 352. The van der Waals surface area contributed by atoms with Crippen molar-refractivity contribution in [3.05, 3.63) is 11.9 Å². The molecule has 0 amide bonds. The van der Waals surface area contributed by atoms with Crippen LogP contribution in [0.1, 0.15) is 45.0 Å². The molecule has 1 heterocycles. The summed E-state index contributed by atoms with van der Waals surface area (Å²) in [7, 11) is 1.71. The maximum atomic E-state index is 5.45. The van der Waals surface area contributed by atoms with Gasteiger partial charge in [0.25, 0.3) is 0 Å². The molecule has 0 bridgehead atoms. The van der Waals surface area contributed by atoms with E-state index in [-0.39, 0.29) is 0 Å². The minimum absolute atomic E-state index is 0.291. The Kier molecular flexibility index (Phi) is 6.57. The predicted molar refractivity (Wildman–Crippen MR) is 78.6 cm³/mol. The average Bonchev–Trinajstić information content (AvgIpc) is 2.78. The van der Waals surface area contributed by atoms with Crippen molar-refractivity contribution >= 4 is 11.8 Å². The monoisotopic (exact) mass is 271 g/mol. The van der Waals surface area contributed by atoms with Gasteiger partial charge in [0.15, 0.2) is 5.75 Å². The predicted octanol–water partition coefficient (Wildman–Crippen LogP) is 2.88. The largest absolute Gasteiger partial charge is 0.493 e. The van der Waals surface area contributed by atoms with E-state index in [9.17, 15) is 0 Å². The summed E-state index contributed by atoms with van der Waals surface area (Å²) in [6.07, 6.45) is 5.07. The van der Waals surface area contributed by atoms with Crippen molar-refractivity contribution < 1.29 is 4.74 Å². The van der Waals surface area contributed by atoms with Gasteiger partial charge in [0.1, 0.15) is 0 Å². The van der Waals surface area contributed by atoms with Crippen LogP contribution in [0, 0.1) is 0 Å². The number of methoxy groups -OCH3 is 1. The van der Waals surface area contributed by atoms with E-state index >= 15 is 0 Å². The maximum Gasteiger partial charge on any atom is 0.161 e. The van der Waals surface area contributed by atoms with Gasteiger partial charge in [-0.1, -0.05) is 6.92 Å². The molecule has 1 aromatic heterocycles. The molecule has 1 unspecified atom stereocenters. The Labute approximate surface area is 114 Å². The van der Waals surface area contributed by atoms with Crippen LogP contribution in [0.15, 0.2) is 6.20 Å². The van der Waals surface area contributed by atoms with E-state index < -0.39 is 0 Å². The van der Waals surface area contributed by atoms with Crippen molar-refractivity contribution in [2.45, 2.75) is 39.3 Å². The molecule has 5 heteroatoms. The molecule has 0 aliphatic carbocycles. The van der Waals surface area contributed by atoms with Gasteiger partial charge in [0.2, 0.25) is 0 Å². The van der Waals surface area contributed by atoms with E-state index in [2.05, 4.69) is 42.1 Å². The SMILES string of the molecule is CCCNC(CSC)c1c(OC)cnn1C(C)C. The summed E-state index contributed by atoms with van der Waals surface area (Å²) in [5, 5.41) is 8.02. The van der Waals surface area contributed by atoms with Gasteiger partial charge in [0.05, 0.1) is 25.0 Å². The molecule has 0 aliphatic heterocycles. The first-order chi connectivity index (χ1) is 8.65. The standard InChI is InChI=1S/C13H25N3OS/c1-6-7-14-11(9-18-5)13-12(17-4)8-15-16(13)10(2)3/h8,10-11,14H,6-7,9H2,1-5H3. The molecular weight excluding hydrogens is 246 g/mol. The topological polar surface area (TPSA) is 39.1 Å². The number of ether oxygens (including phenoxy) is 1. The number of nitrogens with zero attached hydrogens (tertiary/aromatic N) is 2. The van der Waals surface area contributed by atoms with E-state index in [4.69, 9.17) is 4.74 Å². The third-order valence-electron chi connectivity index (χ3n) is 2.81. The molecule has 104 valence electrons. The van der Waals surface area contributed by atoms with Gasteiger partial charge in [0, 0.05) is 11.8 Å². The maximum absolute atomic E-state index is 5.45. The van der Waals surface area contributed by atoms with Crippen LogP contribution in [0.5, 0.6) is 5.75 Å². The molecule has 0 saturated carbocycles. The van der Waals surface area contributed by atoms with Gasteiger partial charge in [-0.25, -0.2) is 0 Å². The quantitative estimate of drug-likeness (QED) is 0.789. The summed E-state index contributed by atoms with van der Waals surface area (Å²) < 4.78 is 7.51. The molecule has 18 heavy (non-hydrogen) atoms. The fraction of sp³-hybridized carbons (Fsp3) is 0.769. The summed E-state index contributed by atoms with van der Waals surface area (Å²) >= 11 is 1.84. The van der Waals surface area contributed by atoms with Gasteiger partial charge in [-0.15, -0.1) is 0 Å². The first kappa shape index (κ1) is 15.4. The molecule has 0 radical (unpaired) electrons. The molecule has 1 N–H and O–H groups in total. The second kappa shape index (κ2) is 7.69. The highest BCUT2D eigenvalue weighted by molar-refractivity contribution is 7.98. The zero-order valence-corrected chi connectivity index (χ0v) is 12.9. The van der Waals surface area contributed by atoms with Crippen LogP contribution >= 0.6 is 11.8 Å². The molecular formula is C13H25N3OS. The van der Waals surface area contributed by atoms with Crippen LogP contribution in [0.4, 0.5) is 0 Å². The fourth-order valence-corrected chi connectivity index (χ4v) is 2.58. The Morgan fingerprint density at radius 1 is 1.50 bits per heavy atom. The smallest absolute Gasteiger partial charge is 0.161 e. The van der Waals surface area contributed by atoms with E-state index in [0.717, 1.165) is 30.2 Å². The van der Waals surface area contributed by atoms with Crippen molar-refractivity contribution in [1.82, 2.24) is 15.1 Å². The highest BCUT2D eigenvalue weighted by atomic mass is 32.2. The molecule has 0 fully saturated rings. The minimum atomic E-state index is 0.291. The Morgan fingerprint density at radius 3 is 2.72 bits per heavy atom. The molecule has 1 rings (SSSR count). The van der Waals surface area contributed by atoms with Gasteiger partial charge < -0.3 is 10.1 Å². The lowest BCUT2D eigenvalue weighted by molar-refractivity contribution is 0.390. The van der Waals surface area contributed by atoms with Crippen LogP contribution in [-0.4, -0.2) is 35.4 Å². The number of rotatable bonds is 8. The highest BCUT2D eigenvalue weighted by Gasteiger charge is 2.22. The Morgan fingerprint density at radius 2 is 2.22 bits per heavy atom.